The summed E-state index contributed by atoms with van der Waals surface area (Å²) in [5.74, 6) is 1.69. The third-order valence-electron chi connectivity index (χ3n) is 4.03. The summed E-state index contributed by atoms with van der Waals surface area (Å²) in [4.78, 5) is 8.98. The molecule has 0 spiro atoms. The summed E-state index contributed by atoms with van der Waals surface area (Å²) in [5, 5.41) is 11.3. The van der Waals surface area contributed by atoms with Crippen LogP contribution in [0.25, 0.3) is 22.4 Å². The molecular formula is C19H18N6. The zero-order chi connectivity index (χ0) is 17.1. The van der Waals surface area contributed by atoms with E-state index in [4.69, 9.17) is 5.73 Å². The second kappa shape index (κ2) is 6.60. The van der Waals surface area contributed by atoms with Crippen LogP contribution in [0.3, 0.4) is 0 Å². The predicted octanol–water partition coefficient (Wildman–Crippen LogP) is 3.26. The Labute approximate surface area is 145 Å². The van der Waals surface area contributed by atoms with Crippen molar-refractivity contribution in [2.24, 2.45) is 0 Å². The number of nitrogen functional groups attached to an aromatic ring is 1. The van der Waals surface area contributed by atoms with Crippen molar-refractivity contribution in [3.63, 3.8) is 0 Å². The topological polar surface area (TPSA) is 92.5 Å². The van der Waals surface area contributed by atoms with Crippen molar-refractivity contribution >= 4 is 22.7 Å². The zero-order valence-electron chi connectivity index (χ0n) is 13.6. The van der Waals surface area contributed by atoms with Gasteiger partial charge in [0.25, 0.3) is 0 Å². The fourth-order valence-electron chi connectivity index (χ4n) is 2.77. The summed E-state index contributed by atoms with van der Waals surface area (Å²) in [5.41, 5.74) is 8.99. The van der Waals surface area contributed by atoms with E-state index in [1.54, 1.807) is 0 Å². The Balaban J connectivity index is 1.57. The summed E-state index contributed by atoms with van der Waals surface area (Å²) in [7, 11) is 0. The van der Waals surface area contributed by atoms with Gasteiger partial charge in [0, 0.05) is 12.1 Å². The van der Waals surface area contributed by atoms with Crippen LogP contribution in [0.4, 0.5) is 11.6 Å². The predicted molar refractivity (Wildman–Crippen MR) is 100 cm³/mol. The minimum Gasteiger partial charge on any atom is -0.383 e. The van der Waals surface area contributed by atoms with Gasteiger partial charge < -0.3 is 11.1 Å². The fraction of sp³-hybridized carbons (Fsp3) is 0.105. The molecule has 0 saturated heterocycles. The molecule has 25 heavy (non-hydrogen) atoms. The van der Waals surface area contributed by atoms with Gasteiger partial charge in [-0.15, -0.1) is 0 Å². The monoisotopic (exact) mass is 330 g/mol. The van der Waals surface area contributed by atoms with Crippen molar-refractivity contribution in [1.82, 2.24) is 20.2 Å². The van der Waals surface area contributed by atoms with Crippen molar-refractivity contribution in [3.05, 3.63) is 66.2 Å². The minimum atomic E-state index is 0.416. The Hall–Kier alpha value is -3.41. The Morgan fingerprint density at radius 1 is 0.920 bits per heavy atom. The first-order valence-corrected chi connectivity index (χ1v) is 8.16. The number of H-pyrrole nitrogens is 1. The normalized spacial score (nSPS) is 10.9. The molecular weight excluding hydrogens is 312 g/mol. The van der Waals surface area contributed by atoms with Crippen LogP contribution in [0.2, 0.25) is 0 Å². The van der Waals surface area contributed by atoms with E-state index in [0.717, 1.165) is 23.9 Å². The van der Waals surface area contributed by atoms with Gasteiger partial charge in [-0.25, -0.2) is 9.97 Å². The van der Waals surface area contributed by atoms with E-state index in [-0.39, 0.29) is 0 Å². The maximum atomic E-state index is 6.17. The lowest BCUT2D eigenvalue weighted by Gasteiger charge is -2.06. The molecule has 4 aromatic rings. The van der Waals surface area contributed by atoms with Gasteiger partial charge in [-0.1, -0.05) is 60.7 Å². The average Bonchev–Trinajstić information content (AvgIpc) is 3.07. The summed E-state index contributed by atoms with van der Waals surface area (Å²) in [6, 6.07) is 20.1. The molecule has 6 nitrogen and oxygen atoms in total. The molecule has 2 aromatic heterocycles. The molecule has 0 aliphatic carbocycles. The van der Waals surface area contributed by atoms with Crippen LogP contribution in [-0.4, -0.2) is 26.7 Å². The third-order valence-corrected chi connectivity index (χ3v) is 4.03. The van der Waals surface area contributed by atoms with E-state index in [1.165, 1.54) is 5.56 Å². The quantitative estimate of drug-likeness (QED) is 0.522. The Kier molecular flexibility index (Phi) is 4.00. The van der Waals surface area contributed by atoms with Crippen LogP contribution in [0.15, 0.2) is 60.7 Å². The van der Waals surface area contributed by atoms with Gasteiger partial charge in [-0.05, 0) is 12.0 Å². The molecule has 2 heterocycles. The highest BCUT2D eigenvalue weighted by Crippen LogP contribution is 2.27. The lowest BCUT2D eigenvalue weighted by molar-refractivity contribution is 0.995. The molecule has 0 aliphatic heterocycles. The van der Waals surface area contributed by atoms with Gasteiger partial charge in [0.1, 0.15) is 11.2 Å². The largest absolute Gasteiger partial charge is 0.383 e. The first kappa shape index (κ1) is 15.1. The number of aromatic amines is 1. The van der Waals surface area contributed by atoms with Crippen LogP contribution in [-0.2, 0) is 6.42 Å². The highest BCUT2D eigenvalue weighted by molar-refractivity contribution is 5.96. The number of benzene rings is 2. The number of nitrogens with two attached hydrogens (primary N) is 1. The molecule has 0 unspecified atom stereocenters. The molecule has 0 saturated carbocycles. The van der Waals surface area contributed by atoms with Crippen molar-refractivity contribution in [2.75, 3.05) is 17.6 Å². The number of hydrogen-bond donors (Lipinski definition) is 3. The zero-order valence-corrected chi connectivity index (χ0v) is 13.6. The van der Waals surface area contributed by atoms with Crippen molar-refractivity contribution < 1.29 is 0 Å². The number of hydrogen-bond acceptors (Lipinski definition) is 5. The molecule has 4 N–H and O–H groups in total. The van der Waals surface area contributed by atoms with E-state index in [2.05, 4.69) is 37.6 Å². The van der Waals surface area contributed by atoms with Gasteiger partial charge in [0.05, 0.1) is 0 Å². The lowest BCUT2D eigenvalue weighted by atomic mass is 10.1. The fourth-order valence-corrected chi connectivity index (χ4v) is 2.77. The number of rotatable bonds is 5. The van der Waals surface area contributed by atoms with Crippen molar-refractivity contribution in [1.29, 1.82) is 0 Å². The van der Waals surface area contributed by atoms with Crippen LogP contribution in [0.5, 0.6) is 0 Å². The van der Waals surface area contributed by atoms with Crippen molar-refractivity contribution in [2.45, 2.75) is 6.42 Å². The highest BCUT2D eigenvalue weighted by Gasteiger charge is 2.14. The van der Waals surface area contributed by atoms with Gasteiger partial charge in [-0.3, -0.25) is 5.10 Å². The Morgan fingerprint density at radius 3 is 2.40 bits per heavy atom. The molecule has 0 aliphatic rings. The molecule has 0 fully saturated rings. The smallest absolute Gasteiger partial charge is 0.163 e. The SMILES string of the molecule is Nc1nc(-c2ccccc2)nc2[nH]nc(NCCc3ccccc3)c12. The van der Waals surface area contributed by atoms with Gasteiger partial charge in [-0.2, -0.15) is 5.10 Å². The molecule has 0 bridgehead atoms. The van der Waals surface area contributed by atoms with Gasteiger partial charge in [0.2, 0.25) is 0 Å². The van der Waals surface area contributed by atoms with Crippen molar-refractivity contribution in [3.8, 4) is 11.4 Å². The van der Waals surface area contributed by atoms with E-state index < -0.39 is 0 Å². The molecule has 124 valence electrons. The van der Waals surface area contributed by atoms with Crippen LogP contribution >= 0.6 is 0 Å². The Bertz CT molecular complexity index is 979. The molecule has 4 rings (SSSR count). The highest BCUT2D eigenvalue weighted by atomic mass is 15.2. The summed E-state index contributed by atoms with van der Waals surface area (Å²) in [6.07, 6.45) is 0.901. The second-order valence-electron chi connectivity index (χ2n) is 5.76. The lowest BCUT2D eigenvalue weighted by Crippen LogP contribution is -2.06. The van der Waals surface area contributed by atoms with Gasteiger partial charge >= 0.3 is 0 Å². The molecule has 0 radical (unpaired) electrons. The first-order chi connectivity index (χ1) is 12.3. The standard InChI is InChI=1S/C19H18N6/c20-16-15-18(21-12-11-13-7-3-1-4-8-13)24-25-19(15)23-17(22-16)14-9-5-2-6-10-14/h1-10H,11-12H2,(H4,20,21,22,23,24,25). The molecule has 0 atom stereocenters. The summed E-state index contributed by atoms with van der Waals surface area (Å²) >= 11 is 0. The molecule has 6 heteroatoms. The maximum Gasteiger partial charge on any atom is 0.163 e. The number of anilines is 2. The van der Waals surface area contributed by atoms with E-state index in [9.17, 15) is 0 Å². The number of fused-ring (bicyclic) bond motifs is 1. The van der Waals surface area contributed by atoms with E-state index >= 15 is 0 Å². The Morgan fingerprint density at radius 2 is 1.64 bits per heavy atom. The van der Waals surface area contributed by atoms with Gasteiger partial charge in [0.15, 0.2) is 17.3 Å². The van der Waals surface area contributed by atoms with Crippen LogP contribution in [0, 0.1) is 0 Å². The number of nitrogens with zero attached hydrogens (tertiary/aromatic N) is 3. The average molecular weight is 330 g/mol. The van der Waals surface area contributed by atoms with E-state index in [0.29, 0.717) is 23.1 Å². The minimum absolute atomic E-state index is 0.416. The van der Waals surface area contributed by atoms with E-state index in [1.807, 2.05) is 48.5 Å². The van der Waals surface area contributed by atoms with Crippen LogP contribution in [0.1, 0.15) is 5.56 Å². The molecule has 0 amide bonds. The first-order valence-electron chi connectivity index (χ1n) is 8.16. The maximum absolute atomic E-state index is 6.17. The number of nitrogens with one attached hydrogen (secondary N) is 2. The summed E-state index contributed by atoms with van der Waals surface area (Å²) < 4.78 is 0. The van der Waals surface area contributed by atoms with Crippen LogP contribution < -0.4 is 11.1 Å². The molecule has 2 aromatic carbocycles. The summed E-state index contributed by atoms with van der Waals surface area (Å²) in [6.45, 7) is 0.754. The third kappa shape index (κ3) is 3.14. The number of aromatic nitrogens is 4. The second-order valence-corrected chi connectivity index (χ2v) is 5.76.